The average molecular weight is 221 g/mol. The van der Waals surface area contributed by atoms with Crippen molar-refractivity contribution in [3.05, 3.63) is 41.7 Å². The lowest BCUT2D eigenvalue weighted by atomic mass is 10.1. The molecule has 0 fully saturated rings. The predicted octanol–water partition coefficient (Wildman–Crippen LogP) is 0.658. The van der Waals surface area contributed by atoms with Gasteiger partial charge in [0.2, 0.25) is 0 Å². The van der Waals surface area contributed by atoms with Crippen molar-refractivity contribution in [2.45, 2.75) is 6.04 Å². The van der Waals surface area contributed by atoms with Crippen molar-refractivity contribution in [2.24, 2.45) is 7.05 Å². The number of halogens is 1. The van der Waals surface area contributed by atoms with Crippen LogP contribution in [0, 0.1) is 5.82 Å². The first-order chi connectivity index (χ1) is 7.74. The summed E-state index contributed by atoms with van der Waals surface area (Å²) in [6.45, 7) is 0. The molecule has 1 N–H and O–H groups in total. The van der Waals surface area contributed by atoms with Crippen LogP contribution in [0.4, 0.5) is 4.39 Å². The molecule has 1 unspecified atom stereocenters. The Labute approximate surface area is 92.3 Å². The van der Waals surface area contributed by atoms with E-state index in [1.54, 1.807) is 37.2 Å². The SMILES string of the molecule is CNC(c1ncccc1F)c1cnnn1C. The van der Waals surface area contributed by atoms with Crippen molar-refractivity contribution in [2.75, 3.05) is 7.05 Å². The third-order valence-electron chi connectivity index (χ3n) is 2.39. The highest BCUT2D eigenvalue weighted by Gasteiger charge is 2.20. The van der Waals surface area contributed by atoms with Crippen LogP contribution in [-0.2, 0) is 7.05 Å². The van der Waals surface area contributed by atoms with E-state index in [9.17, 15) is 4.39 Å². The smallest absolute Gasteiger partial charge is 0.146 e. The van der Waals surface area contributed by atoms with E-state index in [2.05, 4.69) is 20.6 Å². The van der Waals surface area contributed by atoms with Gasteiger partial charge in [0.25, 0.3) is 0 Å². The lowest BCUT2D eigenvalue weighted by Crippen LogP contribution is -2.22. The molecule has 16 heavy (non-hydrogen) atoms. The van der Waals surface area contributed by atoms with Crippen LogP contribution in [-0.4, -0.2) is 27.0 Å². The van der Waals surface area contributed by atoms with Crippen LogP contribution < -0.4 is 5.32 Å². The monoisotopic (exact) mass is 221 g/mol. The first kappa shape index (κ1) is 10.7. The van der Waals surface area contributed by atoms with Gasteiger partial charge in [0, 0.05) is 13.2 Å². The molecule has 1 atom stereocenters. The molecule has 2 rings (SSSR count). The summed E-state index contributed by atoms with van der Waals surface area (Å²) >= 11 is 0. The van der Waals surface area contributed by atoms with Gasteiger partial charge in [0.1, 0.15) is 5.82 Å². The summed E-state index contributed by atoms with van der Waals surface area (Å²) in [4.78, 5) is 4.04. The van der Waals surface area contributed by atoms with Crippen molar-refractivity contribution in [3.8, 4) is 0 Å². The number of aromatic nitrogens is 4. The van der Waals surface area contributed by atoms with Gasteiger partial charge in [-0.3, -0.25) is 9.67 Å². The van der Waals surface area contributed by atoms with E-state index in [-0.39, 0.29) is 11.9 Å². The number of rotatable bonds is 3. The van der Waals surface area contributed by atoms with Gasteiger partial charge in [-0.05, 0) is 19.2 Å². The van der Waals surface area contributed by atoms with Gasteiger partial charge < -0.3 is 5.32 Å². The minimum Gasteiger partial charge on any atom is -0.307 e. The first-order valence-corrected chi connectivity index (χ1v) is 4.86. The number of nitrogens with zero attached hydrogens (tertiary/aromatic N) is 4. The first-order valence-electron chi connectivity index (χ1n) is 4.86. The Morgan fingerprint density at radius 3 is 2.88 bits per heavy atom. The lowest BCUT2D eigenvalue weighted by Gasteiger charge is -2.15. The van der Waals surface area contributed by atoms with E-state index in [0.717, 1.165) is 5.69 Å². The fourth-order valence-electron chi connectivity index (χ4n) is 1.59. The molecular weight excluding hydrogens is 209 g/mol. The van der Waals surface area contributed by atoms with E-state index in [0.29, 0.717) is 5.69 Å². The third-order valence-corrected chi connectivity index (χ3v) is 2.39. The zero-order valence-corrected chi connectivity index (χ0v) is 9.05. The molecule has 5 nitrogen and oxygen atoms in total. The predicted molar refractivity (Wildman–Crippen MR) is 56.1 cm³/mol. The van der Waals surface area contributed by atoms with Gasteiger partial charge in [-0.25, -0.2) is 4.39 Å². The maximum atomic E-state index is 13.6. The molecule has 2 aromatic rings. The Kier molecular flexibility index (Phi) is 2.91. The summed E-state index contributed by atoms with van der Waals surface area (Å²) in [5, 5.41) is 10.6. The minimum atomic E-state index is -0.346. The molecule has 0 saturated carbocycles. The molecule has 0 radical (unpaired) electrons. The van der Waals surface area contributed by atoms with Crippen LogP contribution in [0.2, 0.25) is 0 Å². The van der Waals surface area contributed by atoms with Crippen LogP contribution in [0.15, 0.2) is 24.5 Å². The van der Waals surface area contributed by atoms with Crippen LogP contribution >= 0.6 is 0 Å². The van der Waals surface area contributed by atoms with E-state index >= 15 is 0 Å². The van der Waals surface area contributed by atoms with Gasteiger partial charge >= 0.3 is 0 Å². The second kappa shape index (κ2) is 4.36. The number of hydrogen-bond donors (Lipinski definition) is 1. The molecule has 0 amide bonds. The van der Waals surface area contributed by atoms with E-state index in [1.807, 2.05) is 0 Å². The standard InChI is InChI=1S/C10H12FN5/c1-12-10(8-6-14-15-16(8)2)9-7(11)4-3-5-13-9/h3-6,10,12H,1-2H3. The van der Waals surface area contributed by atoms with E-state index in [4.69, 9.17) is 0 Å². The minimum absolute atomic E-state index is 0.343. The molecule has 0 saturated heterocycles. The van der Waals surface area contributed by atoms with Gasteiger partial charge in [0.05, 0.1) is 23.6 Å². The van der Waals surface area contributed by atoms with Gasteiger partial charge in [0.15, 0.2) is 0 Å². The Bertz CT molecular complexity index is 482. The molecule has 2 aromatic heterocycles. The number of nitrogens with one attached hydrogen (secondary N) is 1. The molecule has 0 spiro atoms. The molecule has 84 valence electrons. The van der Waals surface area contributed by atoms with E-state index < -0.39 is 0 Å². The summed E-state index contributed by atoms with van der Waals surface area (Å²) in [6.07, 6.45) is 3.15. The van der Waals surface area contributed by atoms with Crippen molar-refractivity contribution in [1.82, 2.24) is 25.3 Å². The fourth-order valence-corrected chi connectivity index (χ4v) is 1.59. The van der Waals surface area contributed by atoms with Crippen molar-refractivity contribution >= 4 is 0 Å². The Morgan fingerprint density at radius 2 is 2.31 bits per heavy atom. The number of aryl methyl sites for hydroxylation is 1. The highest BCUT2D eigenvalue weighted by Crippen LogP contribution is 2.20. The molecule has 0 aliphatic heterocycles. The van der Waals surface area contributed by atoms with Crippen LogP contribution in [0.3, 0.4) is 0 Å². The quantitative estimate of drug-likeness (QED) is 0.827. The van der Waals surface area contributed by atoms with Crippen molar-refractivity contribution < 1.29 is 4.39 Å². The van der Waals surface area contributed by atoms with Crippen molar-refractivity contribution in [3.63, 3.8) is 0 Å². The summed E-state index contributed by atoms with van der Waals surface area (Å²) in [5.74, 6) is -0.344. The van der Waals surface area contributed by atoms with Gasteiger partial charge in [-0.2, -0.15) is 0 Å². The summed E-state index contributed by atoms with van der Waals surface area (Å²) in [5.41, 5.74) is 1.11. The average Bonchev–Trinajstić information content (AvgIpc) is 2.69. The van der Waals surface area contributed by atoms with Crippen LogP contribution in [0.25, 0.3) is 0 Å². The molecule has 0 bridgehead atoms. The second-order valence-electron chi connectivity index (χ2n) is 3.37. The highest BCUT2D eigenvalue weighted by atomic mass is 19.1. The normalized spacial score (nSPS) is 12.7. The Balaban J connectivity index is 2.45. The largest absolute Gasteiger partial charge is 0.307 e. The molecular formula is C10H12FN5. The topological polar surface area (TPSA) is 55.6 Å². The van der Waals surface area contributed by atoms with E-state index in [1.165, 1.54) is 6.07 Å². The van der Waals surface area contributed by atoms with Gasteiger partial charge in [-0.1, -0.05) is 5.21 Å². The second-order valence-corrected chi connectivity index (χ2v) is 3.37. The lowest BCUT2D eigenvalue weighted by molar-refractivity contribution is 0.534. The summed E-state index contributed by atoms with van der Waals surface area (Å²) in [7, 11) is 3.50. The summed E-state index contributed by atoms with van der Waals surface area (Å²) < 4.78 is 15.2. The van der Waals surface area contributed by atoms with Gasteiger partial charge in [-0.15, -0.1) is 5.10 Å². The molecule has 0 aliphatic carbocycles. The summed E-state index contributed by atoms with van der Waals surface area (Å²) in [6, 6.07) is 2.60. The van der Waals surface area contributed by atoms with Crippen LogP contribution in [0.1, 0.15) is 17.4 Å². The zero-order valence-electron chi connectivity index (χ0n) is 9.05. The maximum Gasteiger partial charge on any atom is 0.146 e. The Hall–Kier alpha value is -1.82. The maximum absolute atomic E-state index is 13.6. The molecule has 6 heteroatoms. The van der Waals surface area contributed by atoms with Crippen LogP contribution in [0.5, 0.6) is 0 Å². The molecule has 0 aromatic carbocycles. The fraction of sp³-hybridized carbons (Fsp3) is 0.300. The highest BCUT2D eigenvalue weighted by molar-refractivity contribution is 5.21. The molecule has 0 aliphatic rings. The Morgan fingerprint density at radius 1 is 1.50 bits per heavy atom. The number of hydrogen-bond acceptors (Lipinski definition) is 4. The van der Waals surface area contributed by atoms with Crippen molar-refractivity contribution in [1.29, 1.82) is 0 Å². The number of pyridine rings is 1. The molecule has 2 heterocycles. The zero-order chi connectivity index (χ0) is 11.5. The third kappa shape index (κ3) is 1.79.